The maximum Gasteiger partial charge on any atom is 0.328 e. The van der Waals surface area contributed by atoms with Crippen LogP contribution < -0.4 is 11.1 Å². The minimum absolute atomic E-state index is 0.0113. The van der Waals surface area contributed by atoms with Gasteiger partial charge in [0, 0.05) is 19.2 Å². The number of ether oxygens (including phenoxy) is 1. The van der Waals surface area contributed by atoms with Crippen molar-refractivity contribution in [3.05, 3.63) is 71.3 Å². The summed E-state index contributed by atoms with van der Waals surface area (Å²) in [5.74, 6) is -2.40. The number of carbonyl (C=O) groups excluding carboxylic acids is 3. The predicted octanol–water partition coefficient (Wildman–Crippen LogP) is 3.03. The zero-order chi connectivity index (χ0) is 26.1. The molecule has 1 aliphatic carbocycles. The maximum atomic E-state index is 13.6. The highest BCUT2D eigenvalue weighted by Crippen LogP contribution is 2.27. The molecular formula is C28H36N4O4. The fourth-order valence-electron chi connectivity index (χ4n) is 4.77. The van der Waals surface area contributed by atoms with Crippen LogP contribution in [0.2, 0.25) is 0 Å². The number of methoxy groups -OCH3 is 1. The number of esters is 1. The molecule has 1 fully saturated rings. The van der Waals surface area contributed by atoms with Crippen LogP contribution in [0, 0.1) is 17.2 Å². The number of hydrogen-bond donors (Lipinski definition) is 3. The Morgan fingerprint density at radius 3 is 2.25 bits per heavy atom. The average Bonchev–Trinajstić information content (AvgIpc) is 2.90. The predicted molar refractivity (Wildman–Crippen MR) is 138 cm³/mol. The number of nitrogen functional groups attached to an aromatic ring is 1. The van der Waals surface area contributed by atoms with Crippen LogP contribution in [0.5, 0.6) is 0 Å². The lowest BCUT2D eigenvalue weighted by Crippen LogP contribution is -2.52. The molecule has 0 saturated heterocycles. The molecule has 2 aromatic carbocycles. The number of benzene rings is 2. The minimum Gasteiger partial charge on any atom is -0.467 e. The molecule has 0 aromatic heterocycles. The largest absolute Gasteiger partial charge is 0.467 e. The van der Waals surface area contributed by atoms with Crippen molar-refractivity contribution < 1.29 is 19.1 Å². The van der Waals surface area contributed by atoms with Crippen LogP contribution in [0.15, 0.2) is 54.6 Å². The highest BCUT2D eigenvalue weighted by atomic mass is 16.5. The van der Waals surface area contributed by atoms with Crippen LogP contribution in [0.4, 0.5) is 0 Å². The maximum absolute atomic E-state index is 13.6. The molecule has 0 aliphatic heterocycles. The third-order valence-electron chi connectivity index (χ3n) is 6.83. The molecule has 2 atom stereocenters. The summed E-state index contributed by atoms with van der Waals surface area (Å²) in [5, 5.41) is 10.5. The van der Waals surface area contributed by atoms with Crippen molar-refractivity contribution in [2.24, 2.45) is 17.6 Å². The third kappa shape index (κ3) is 7.16. The lowest BCUT2D eigenvalue weighted by atomic mass is 9.83. The van der Waals surface area contributed by atoms with Crippen LogP contribution >= 0.6 is 0 Å². The normalized spacial score (nSPS) is 15.4. The molecule has 3 rings (SSSR count). The molecule has 1 aliphatic rings. The molecule has 0 unspecified atom stereocenters. The van der Waals surface area contributed by atoms with Gasteiger partial charge in [-0.2, -0.15) is 0 Å². The quantitative estimate of drug-likeness (QED) is 0.203. The van der Waals surface area contributed by atoms with Gasteiger partial charge in [-0.1, -0.05) is 73.9 Å². The smallest absolute Gasteiger partial charge is 0.328 e. The Bertz CT molecular complexity index is 1050. The van der Waals surface area contributed by atoms with Gasteiger partial charge in [0.25, 0.3) is 0 Å². The Labute approximate surface area is 212 Å². The van der Waals surface area contributed by atoms with Crippen molar-refractivity contribution in [2.45, 2.75) is 51.1 Å². The summed E-state index contributed by atoms with van der Waals surface area (Å²) in [6, 6.07) is 15.7. The van der Waals surface area contributed by atoms with E-state index in [1.807, 2.05) is 30.3 Å². The molecule has 2 amide bonds. The first-order valence-corrected chi connectivity index (χ1v) is 12.4. The Kier molecular flexibility index (Phi) is 9.61. The summed E-state index contributed by atoms with van der Waals surface area (Å²) in [4.78, 5) is 41.3. The summed E-state index contributed by atoms with van der Waals surface area (Å²) < 4.78 is 5.01. The lowest BCUT2D eigenvalue weighted by Gasteiger charge is -2.31. The fourth-order valence-corrected chi connectivity index (χ4v) is 4.77. The zero-order valence-corrected chi connectivity index (χ0v) is 21.0. The first kappa shape index (κ1) is 26.9. The molecule has 0 spiro atoms. The van der Waals surface area contributed by atoms with Crippen LogP contribution in [-0.4, -0.2) is 48.7 Å². The van der Waals surface area contributed by atoms with Gasteiger partial charge in [-0.25, -0.2) is 4.79 Å². The van der Waals surface area contributed by atoms with E-state index in [1.165, 1.54) is 12.0 Å². The van der Waals surface area contributed by atoms with Crippen molar-refractivity contribution in [1.29, 1.82) is 5.41 Å². The van der Waals surface area contributed by atoms with Gasteiger partial charge in [-0.05, 0) is 36.3 Å². The summed E-state index contributed by atoms with van der Waals surface area (Å²) in [6.07, 6.45) is 4.93. The second-order valence-electron chi connectivity index (χ2n) is 9.45. The van der Waals surface area contributed by atoms with Gasteiger partial charge >= 0.3 is 5.97 Å². The van der Waals surface area contributed by atoms with Crippen LogP contribution in [0.25, 0.3) is 0 Å². The molecule has 2 aromatic rings. The summed E-state index contributed by atoms with van der Waals surface area (Å²) in [5.41, 5.74) is 7.83. The first-order valence-electron chi connectivity index (χ1n) is 12.4. The number of hydrogen-bond acceptors (Lipinski definition) is 5. The summed E-state index contributed by atoms with van der Waals surface area (Å²) in [7, 11) is 2.99. The van der Waals surface area contributed by atoms with Gasteiger partial charge in [-0.3, -0.25) is 15.0 Å². The minimum atomic E-state index is -1.03. The van der Waals surface area contributed by atoms with Crippen molar-refractivity contribution >= 4 is 23.6 Å². The van der Waals surface area contributed by atoms with Gasteiger partial charge in [0.1, 0.15) is 17.8 Å². The van der Waals surface area contributed by atoms with E-state index < -0.39 is 23.8 Å². The van der Waals surface area contributed by atoms with Crippen molar-refractivity contribution in [1.82, 2.24) is 10.2 Å². The van der Waals surface area contributed by atoms with E-state index in [1.54, 1.807) is 31.3 Å². The highest BCUT2D eigenvalue weighted by Gasteiger charge is 2.36. The van der Waals surface area contributed by atoms with Crippen LogP contribution in [-0.2, 0) is 32.1 Å². The molecule has 0 radical (unpaired) electrons. The van der Waals surface area contributed by atoms with Crippen molar-refractivity contribution in [3.63, 3.8) is 0 Å². The monoisotopic (exact) mass is 492 g/mol. The highest BCUT2D eigenvalue weighted by molar-refractivity contribution is 6.01. The summed E-state index contributed by atoms with van der Waals surface area (Å²) >= 11 is 0. The molecule has 8 nitrogen and oxygen atoms in total. The van der Waals surface area contributed by atoms with E-state index in [2.05, 4.69) is 5.32 Å². The standard InChI is InChI=1S/C28H36N4O4/c1-32(18-20-9-5-3-6-10-20)27(34)23(17-19-13-15-22(16-14-19)25(29)30)26(33)31-24(28(35)36-2)21-11-7-4-8-12-21/h3,5-6,9-10,13-16,21,23-24H,4,7-8,11-12,17-18H2,1-2H3,(H3,29,30)(H,31,33)/t23-,24+/m1/s1. The molecule has 0 heterocycles. The van der Waals surface area contributed by atoms with Gasteiger partial charge in [0.05, 0.1) is 7.11 Å². The van der Waals surface area contributed by atoms with E-state index in [0.717, 1.165) is 43.2 Å². The number of nitrogens with one attached hydrogen (secondary N) is 2. The molecule has 8 heteroatoms. The van der Waals surface area contributed by atoms with Gasteiger partial charge in [-0.15, -0.1) is 0 Å². The average molecular weight is 493 g/mol. The van der Waals surface area contributed by atoms with Crippen LogP contribution in [0.1, 0.15) is 48.8 Å². The van der Waals surface area contributed by atoms with Crippen molar-refractivity contribution in [3.8, 4) is 0 Å². The number of carbonyl (C=O) groups is 3. The fraction of sp³-hybridized carbons (Fsp3) is 0.429. The second-order valence-corrected chi connectivity index (χ2v) is 9.45. The van der Waals surface area contributed by atoms with Gasteiger partial charge in [0.15, 0.2) is 0 Å². The lowest BCUT2D eigenvalue weighted by molar-refractivity contribution is -0.150. The van der Waals surface area contributed by atoms with Gasteiger partial charge < -0.3 is 20.7 Å². The Hall–Kier alpha value is -3.68. The van der Waals surface area contributed by atoms with E-state index in [4.69, 9.17) is 15.9 Å². The first-order chi connectivity index (χ1) is 17.3. The Morgan fingerprint density at radius 2 is 1.67 bits per heavy atom. The number of rotatable bonds is 10. The van der Waals surface area contributed by atoms with E-state index in [0.29, 0.717) is 12.1 Å². The topological polar surface area (TPSA) is 126 Å². The number of amidine groups is 1. The van der Waals surface area contributed by atoms with Crippen molar-refractivity contribution in [2.75, 3.05) is 14.2 Å². The summed E-state index contributed by atoms with van der Waals surface area (Å²) in [6.45, 7) is 0.357. The van der Waals surface area contributed by atoms with E-state index >= 15 is 0 Å². The molecule has 1 saturated carbocycles. The van der Waals surface area contributed by atoms with Crippen LogP contribution in [0.3, 0.4) is 0 Å². The Balaban J connectivity index is 1.83. The molecule has 0 bridgehead atoms. The molecular weight excluding hydrogens is 456 g/mol. The van der Waals surface area contributed by atoms with Gasteiger partial charge in [0.2, 0.25) is 11.8 Å². The zero-order valence-electron chi connectivity index (χ0n) is 21.0. The molecule has 192 valence electrons. The number of nitrogens with two attached hydrogens (primary N) is 1. The molecule has 4 N–H and O–H groups in total. The van der Waals surface area contributed by atoms with E-state index in [-0.39, 0.29) is 24.1 Å². The SMILES string of the molecule is COC(=O)[C@@H](NC(=O)[C@@H](Cc1ccc(C(=N)N)cc1)C(=O)N(C)Cc1ccccc1)C1CCCCC1. The number of amides is 2. The molecule has 36 heavy (non-hydrogen) atoms. The Morgan fingerprint density at radius 1 is 1.03 bits per heavy atom. The second kappa shape index (κ2) is 12.9. The number of nitrogens with zero attached hydrogens (tertiary/aromatic N) is 1. The third-order valence-corrected chi connectivity index (χ3v) is 6.83. The van der Waals surface area contributed by atoms with E-state index in [9.17, 15) is 14.4 Å².